The Morgan fingerprint density at radius 2 is 1.75 bits per heavy atom. The molecule has 3 nitrogen and oxygen atoms in total. The van der Waals surface area contributed by atoms with Crippen LogP contribution in [0.25, 0.3) is 0 Å². The summed E-state index contributed by atoms with van der Waals surface area (Å²) in [6.07, 6.45) is -2.63. The van der Waals surface area contributed by atoms with Gasteiger partial charge in [0.25, 0.3) is 0 Å². The quantitative estimate of drug-likeness (QED) is 0.716. The fourth-order valence-electron chi connectivity index (χ4n) is 3.22. The zero-order valence-electron chi connectivity index (χ0n) is 12.8. The van der Waals surface area contributed by atoms with Gasteiger partial charge in [0.1, 0.15) is 5.75 Å². The molecule has 0 bridgehead atoms. The van der Waals surface area contributed by atoms with Crippen LogP contribution in [0.1, 0.15) is 30.0 Å². The lowest BCUT2D eigenvalue weighted by Gasteiger charge is -2.37. The Kier molecular flexibility index (Phi) is 7.68. The highest BCUT2D eigenvalue weighted by Gasteiger charge is 2.44. The second-order valence-electron chi connectivity index (χ2n) is 5.92. The summed E-state index contributed by atoms with van der Waals surface area (Å²) < 4.78 is 40.6. The molecule has 2 N–H and O–H groups in total. The molecule has 24 heavy (non-hydrogen) atoms. The molecule has 1 saturated heterocycles. The van der Waals surface area contributed by atoms with Gasteiger partial charge in [-0.3, -0.25) is 4.90 Å². The number of alkyl halides is 3. The molecule has 0 unspecified atom stereocenters. The zero-order valence-corrected chi connectivity index (χ0v) is 16.0. The first-order valence-corrected chi connectivity index (χ1v) is 8.22. The summed E-state index contributed by atoms with van der Waals surface area (Å²) in [5.74, 6) is -0.0790. The highest BCUT2D eigenvalue weighted by Crippen LogP contribution is 2.51. The van der Waals surface area contributed by atoms with E-state index >= 15 is 0 Å². The molecule has 1 aliphatic carbocycles. The Hall–Kier alpha value is -0.210. The van der Waals surface area contributed by atoms with Gasteiger partial charge in [-0.05, 0) is 46.8 Å². The largest absolute Gasteiger partial charge is 0.506 e. The van der Waals surface area contributed by atoms with Gasteiger partial charge < -0.3 is 10.4 Å². The number of nitrogens with one attached hydrogen (secondary N) is 1. The van der Waals surface area contributed by atoms with Crippen LogP contribution in [-0.4, -0.2) is 36.2 Å². The predicted molar refractivity (Wildman–Crippen MR) is 95.2 cm³/mol. The number of benzene rings is 1. The topological polar surface area (TPSA) is 35.5 Å². The van der Waals surface area contributed by atoms with Crippen LogP contribution in [0.15, 0.2) is 16.6 Å². The number of nitrogens with zero attached hydrogens (tertiary/aromatic N) is 1. The second kappa shape index (κ2) is 8.45. The lowest BCUT2D eigenvalue weighted by Crippen LogP contribution is -2.46. The average molecular weight is 452 g/mol. The number of hydrogen-bond donors (Lipinski definition) is 2. The van der Waals surface area contributed by atoms with Crippen LogP contribution >= 0.6 is 40.7 Å². The van der Waals surface area contributed by atoms with E-state index in [9.17, 15) is 18.3 Å². The Balaban J connectivity index is 0.00000144. The Morgan fingerprint density at radius 3 is 2.25 bits per heavy atom. The number of hydrogen-bond acceptors (Lipinski definition) is 3. The summed E-state index contributed by atoms with van der Waals surface area (Å²) in [7, 11) is 0. The average Bonchev–Trinajstić information content (AvgIpc) is 3.28. The summed E-state index contributed by atoms with van der Waals surface area (Å²) in [6.45, 7) is 2.92. The third kappa shape index (κ3) is 4.49. The Morgan fingerprint density at radius 1 is 1.17 bits per heavy atom. The van der Waals surface area contributed by atoms with Crippen LogP contribution in [0.3, 0.4) is 0 Å². The molecule has 1 atom stereocenters. The maximum Gasteiger partial charge on any atom is 0.416 e. The van der Waals surface area contributed by atoms with Crippen LogP contribution in [0.4, 0.5) is 13.2 Å². The number of phenols is 1. The number of halogens is 6. The molecule has 1 aromatic carbocycles. The van der Waals surface area contributed by atoms with Gasteiger partial charge in [-0.25, -0.2) is 0 Å². The molecular formula is C15H20BrCl2F3N2O. The highest BCUT2D eigenvalue weighted by atomic mass is 79.9. The van der Waals surface area contributed by atoms with E-state index in [4.69, 9.17) is 0 Å². The van der Waals surface area contributed by atoms with Crippen molar-refractivity contribution in [2.75, 3.05) is 26.2 Å². The van der Waals surface area contributed by atoms with Gasteiger partial charge >= 0.3 is 6.18 Å². The molecule has 1 heterocycles. The van der Waals surface area contributed by atoms with Crippen molar-refractivity contribution in [3.05, 3.63) is 27.7 Å². The molecule has 1 aliphatic heterocycles. The van der Waals surface area contributed by atoms with E-state index in [1.807, 2.05) is 0 Å². The van der Waals surface area contributed by atoms with E-state index in [-0.39, 0.29) is 48.1 Å². The standard InChI is InChI=1S/C15H18BrF3N2O.2ClH/c16-11-4-3-10(15(17,18)19)12(14(11)22)13(9-1-2-9)21-7-5-20-6-8-21;;/h3-4,9,13,20,22H,1-2,5-8H2;2*1H/t13-;;/m1../s1. The van der Waals surface area contributed by atoms with Gasteiger partial charge in [0.2, 0.25) is 0 Å². The minimum absolute atomic E-state index is 0. The third-order valence-electron chi connectivity index (χ3n) is 4.38. The Bertz CT molecular complexity index is 564. The van der Waals surface area contributed by atoms with E-state index in [1.165, 1.54) is 6.07 Å². The van der Waals surface area contributed by atoms with Crippen LogP contribution < -0.4 is 5.32 Å². The Labute approximate surface area is 159 Å². The maximum absolute atomic E-state index is 13.4. The van der Waals surface area contributed by atoms with Crippen molar-refractivity contribution < 1.29 is 18.3 Å². The van der Waals surface area contributed by atoms with E-state index in [1.54, 1.807) is 0 Å². The lowest BCUT2D eigenvalue weighted by molar-refractivity contribution is -0.139. The van der Waals surface area contributed by atoms with Crippen molar-refractivity contribution in [1.29, 1.82) is 0 Å². The summed E-state index contributed by atoms with van der Waals surface area (Å²) in [6, 6.07) is 1.97. The van der Waals surface area contributed by atoms with Gasteiger partial charge in [0.05, 0.1) is 10.0 Å². The number of piperazine rings is 1. The molecule has 1 aromatic rings. The first-order chi connectivity index (χ1) is 10.4. The van der Waals surface area contributed by atoms with E-state index < -0.39 is 11.7 Å². The highest BCUT2D eigenvalue weighted by molar-refractivity contribution is 9.10. The molecule has 1 saturated carbocycles. The van der Waals surface area contributed by atoms with Crippen molar-refractivity contribution in [1.82, 2.24) is 10.2 Å². The summed E-state index contributed by atoms with van der Waals surface area (Å²) in [4.78, 5) is 2.07. The number of aromatic hydroxyl groups is 1. The van der Waals surface area contributed by atoms with Crippen molar-refractivity contribution in [3.8, 4) is 5.75 Å². The van der Waals surface area contributed by atoms with Crippen molar-refractivity contribution >= 4 is 40.7 Å². The van der Waals surface area contributed by atoms with Crippen molar-refractivity contribution in [2.24, 2.45) is 5.92 Å². The molecule has 138 valence electrons. The molecule has 2 fully saturated rings. The fourth-order valence-corrected chi connectivity index (χ4v) is 3.56. The van der Waals surface area contributed by atoms with Crippen LogP contribution in [0, 0.1) is 5.92 Å². The zero-order chi connectivity index (χ0) is 15.9. The summed E-state index contributed by atoms with van der Waals surface area (Å²) in [5.41, 5.74) is -0.685. The summed E-state index contributed by atoms with van der Waals surface area (Å²) in [5, 5.41) is 13.5. The van der Waals surface area contributed by atoms with E-state index in [2.05, 4.69) is 26.1 Å². The molecule has 3 rings (SSSR count). The van der Waals surface area contributed by atoms with Gasteiger partial charge in [-0.15, -0.1) is 24.8 Å². The lowest BCUT2D eigenvalue weighted by atomic mass is 9.93. The monoisotopic (exact) mass is 450 g/mol. The molecule has 9 heteroatoms. The second-order valence-corrected chi connectivity index (χ2v) is 6.78. The fraction of sp³-hybridized carbons (Fsp3) is 0.600. The molecule has 0 spiro atoms. The van der Waals surface area contributed by atoms with E-state index in [0.29, 0.717) is 17.6 Å². The molecule has 0 amide bonds. The minimum Gasteiger partial charge on any atom is -0.506 e. The van der Waals surface area contributed by atoms with Crippen molar-refractivity contribution in [3.63, 3.8) is 0 Å². The first-order valence-electron chi connectivity index (χ1n) is 7.43. The van der Waals surface area contributed by atoms with Crippen LogP contribution in [0.5, 0.6) is 5.75 Å². The van der Waals surface area contributed by atoms with Crippen molar-refractivity contribution in [2.45, 2.75) is 25.1 Å². The van der Waals surface area contributed by atoms with E-state index in [0.717, 1.165) is 32.0 Å². The minimum atomic E-state index is -4.46. The van der Waals surface area contributed by atoms with Gasteiger partial charge in [-0.1, -0.05) is 0 Å². The maximum atomic E-state index is 13.4. The van der Waals surface area contributed by atoms with Gasteiger partial charge in [-0.2, -0.15) is 13.2 Å². The smallest absolute Gasteiger partial charge is 0.416 e. The SMILES string of the molecule is Cl.Cl.Oc1c(Br)ccc(C(F)(F)F)c1[C@@H](C1CC1)N1CCNCC1. The van der Waals surface area contributed by atoms with Crippen LogP contribution in [0.2, 0.25) is 0 Å². The number of phenolic OH excluding ortho intramolecular Hbond substituents is 1. The molecule has 0 radical (unpaired) electrons. The molecular weight excluding hydrogens is 432 g/mol. The summed E-state index contributed by atoms with van der Waals surface area (Å²) >= 11 is 3.16. The first kappa shape index (κ1) is 21.8. The third-order valence-corrected chi connectivity index (χ3v) is 5.02. The molecule has 2 aliphatic rings. The van der Waals surface area contributed by atoms with Gasteiger partial charge in [0.15, 0.2) is 0 Å². The molecule has 0 aromatic heterocycles. The predicted octanol–water partition coefficient (Wildman–Crippen LogP) is 4.37. The number of rotatable bonds is 3. The van der Waals surface area contributed by atoms with Gasteiger partial charge in [0, 0.05) is 37.8 Å². The van der Waals surface area contributed by atoms with Crippen LogP contribution in [-0.2, 0) is 6.18 Å². The normalized spacial score (nSPS) is 20.0.